The fraction of sp³-hybridized carbons (Fsp3) is 0.321. The molecular weight excluding hydrogens is 579 g/mol. The van der Waals surface area contributed by atoms with Gasteiger partial charge in [0, 0.05) is 19.2 Å². The molecule has 12 nitrogen and oxygen atoms in total. The van der Waals surface area contributed by atoms with Gasteiger partial charge in [-0.1, -0.05) is 22.1 Å². The Morgan fingerprint density at radius 3 is 2.38 bits per heavy atom. The van der Waals surface area contributed by atoms with Crippen molar-refractivity contribution in [1.82, 2.24) is 25.1 Å². The second-order valence-corrected chi connectivity index (χ2v) is 11.3. The smallest absolute Gasteiger partial charge is 0.481 e. The predicted octanol–water partition coefficient (Wildman–Crippen LogP) is 4.05. The highest BCUT2D eigenvalue weighted by molar-refractivity contribution is 8.01. The van der Waals surface area contributed by atoms with E-state index >= 15 is 0 Å². The summed E-state index contributed by atoms with van der Waals surface area (Å²) in [6.07, 6.45) is 9.06. The minimum atomic E-state index is -1.15. The molecule has 14 heteroatoms. The zero-order valence-electron chi connectivity index (χ0n) is 23.5. The molecule has 2 aromatic carbocycles. The Morgan fingerprint density at radius 1 is 1.07 bits per heavy atom. The summed E-state index contributed by atoms with van der Waals surface area (Å²) in [4.78, 5) is 22.8. The molecule has 0 aliphatic carbocycles. The van der Waals surface area contributed by atoms with Crippen molar-refractivity contribution in [2.24, 2.45) is 5.10 Å². The maximum absolute atomic E-state index is 12.2. The molecule has 222 valence electrons. The van der Waals surface area contributed by atoms with Gasteiger partial charge >= 0.3 is 13.0 Å². The van der Waals surface area contributed by atoms with E-state index in [0.717, 1.165) is 16.8 Å². The van der Waals surface area contributed by atoms with Crippen LogP contribution in [0.5, 0.6) is 11.5 Å². The summed E-state index contributed by atoms with van der Waals surface area (Å²) in [6, 6.07) is 15.0. The van der Waals surface area contributed by atoms with Gasteiger partial charge in [0.05, 0.1) is 26.1 Å². The lowest BCUT2D eigenvalue weighted by Gasteiger charge is -2.06. The quantitative estimate of drug-likeness (QED) is 0.0710. The van der Waals surface area contributed by atoms with Crippen molar-refractivity contribution in [3.8, 4) is 11.5 Å². The van der Waals surface area contributed by atoms with Gasteiger partial charge in [-0.2, -0.15) is 4.52 Å². The molecule has 0 aliphatic rings. The highest BCUT2D eigenvalue weighted by Crippen LogP contribution is 2.25. The highest BCUT2D eigenvalue weighted by atomic mass is 32.4. The lowest BCUT2D eigenvalue weighted by molar-refractivity contribution is -0.137. The Kier molecular flexibility index (Phi) is 13.5. The number of carbonyl (C=O) groups excluding carboxylic acids is 1. The van der Waals surface area contributed by atoms with Crippen molar-refractivity contribution in [1.29, 1.82) is 0 Å². The van der Waals surface area contributed by atoms with E-state index < -0.39 is 13.0 Å². The van der Waals surface area contributed by atoms with E-state index in [2.05, 4.69) is 20.7 Å². The lowest BCUT2D eigenvalue weighted by Crippen LogP contribution is -2.29. The molecule has 2 N–H and O–H groups in total. The minimum absolute atomic E-state index is 0.0741. The predicted molar refractivity (Wildman–Crippen MR) is 162 cm³/mol. The largest absolute Gasteiger partial charge is 0.488 e. The fourth-order valence-electron chi connectivity index (χ4n) is 3.55. The van der Waals surface area contributed by atoms with E-state index in [0.29, 0.717) is 43.7 Å². The summed E-state index contributed by atoms with van der Waals surface area (Å²) in [5.41, 5.74) is 2.69. The number of carbonyl (C=O) groups is 2. The number of aliphatic carboxylic acids is 1. The van der Waals surface area contributed by atoms with Gasteiger partial charge in [-0.15, -0.1) is 10.2 Å². The summed E-state index contributed by atoms with van der Waals surface area (Å²) >= 11 is 5.15. The molecule has 0 radical (unpaired) electrons. The lowest BCUT2D eigenvalue weighted by atomic mass is 10.1. The van der Waals surface area contributed by atoms with Gasteiger partial charge in [-0.3, -0.25) is 9.59 Å². The van der Waals surface area contributed by atoms with Crippen LogP contribution in [0, 0.1) is 0 Å². The molecule has 0 aliphatic heterocycles. The van der Waals surface area contributed by atoms with Crippen LogP contribution in [-0.4, -0.2) is 63.7 Å². The van der Waals surface area contributed by atoms with E-state index in [4.69, 9.17) is 30.9 Å². The van der Waals surface area contributed by atoms with Crippen LogP contribution in [0.3, 0.4) is 0 Å². The molecule has 0 fully saturated rings. The monoisotopic (exact) mass is 613 g/mol. The molecule has 1 heterocycles. The van der Waals surface area contributed by atoms with Gasteiger partial charge in [-0.25, -0.2) is 4.68 Å². The number of nitrogens with one attached hydrogen (secondary N) is 1. The number of carboxylic acids is 1. The second-order valence-electron chi connectivity index (χ2n) is 8.98. The fourth-order valence-corrected chi connectivity index (χ4v) is 4.05. The number of benzene rings is 2. The van der Waals surface area contributed by atoms with Gasteiger partial charge in [0.25, 0.3) is 0 Å². The number of aromatic nitrogens is 3. The van der Waals surface area contributed by atoms with Crippen molar-refractivity contribution >= 4 is 37.0 Å². The van der Waals surface area contributed by atoms with Crippen molar-refractivity contribution in [2.75, 3.05) is 20.7 Å². The number of unbranched alkanes of at least 4 members (excludes halogenated alkanes) is 1. The minimum Gasteiger partial charge on any atom is -0.481 e. The molecule has 1 atom stereocenters. The van der Waals surface area contributed by atoms with Gasteiger partial charge in [0.15, 0.2) is 0 Å². The van der Waals surface area contributed by atoms with Crippen LogP contribution in [0.15, 0.2) is 72.4 Å². The van der Waals surface area contributed by atoms with Crippen molar-refractivity contribution in [2.45, 2.75) is 38.6 Å². The number of rotatable bonds is 18. The molecule has 0 saturated carbocycles. The van der Waals surface area contributed by atoms with Gasteiger partial charge < -0.3 is 19.9 Å². The van der Waals surface area contributed by atoms with E-state index in [9.17, 15) is 9.59 Å². The third kappa shape index (κ3) is 12.1. The van der Waals surface area contributed by atoms with Crippen molar-refractivity contribution in [3.63, 3.8) is 0 Å². The normalized spacial score (nSPS) is 11.5. The first-order valence-corrected chi connectivity index (χ1v) is 15.4. The van der Waals surface area contributed by atoms with Gasteiger partial charge in [0.2, 0.25) is 17.7 Å². The standard InChI is InChI=1S/C28H33N6O6PS/c1-33(41(42)38-2)30-19-23-9-13-26(14-10-23)40-18-17-39-25-11-7-22(8-12-25)15-16-29-27(35)21-34-20-24(31-32-34)5-3-4-6-28(36)37/h7-14,17-20H,3-6,15-16,21H2,1-2H3,(H-,29,35,36,37)/p+1/b18-17?,30-19-. The Balaban J connectivity index is 1.32. The average molecular weight is 614 g/mol. The Hall–Kier alpha value is -4.19. The van der Waals surface area contributed by atoms with Crippen LogP contribution >= 0.6 is 7.07 Å². The maximum Gasteiger partial charge on any atom is 0.488 e. The number of nitrogens with zero attached hydrogens (tertiary/aromatic N) is 5. The average Bonchev–Trinajstić information content (AvgIpc) is 3.43. The first-order chi connectivity index (χ1) is 20.3. The van der Waals surface area contributed by atoms with Crippen LogP contribution < -0.4 is 14.8 Å². The summed E-state index contributed by atoms with van der Waals surface area (Å²) in [6.45, 7) is 0.554. The number of ether oxygens (including phenoxy) is 2. The first-order valence-electron chi connectivity index (χ1n) is 13.2. The number of carboxylic acid groups (broad SMARTS) is 1. The second kappa shape index (κ2) is 17.6. The van der Waals surface area contributed by atoms with Gasteiger partial charge in [-0.05, 0) is 73.2 Å². The molecule has 1 aromatic heterocycles. The third-order valence-corrected chi connectivity index (χ3v) is 7.78. The van der Waals surface area contributed by atoms with Crippen LogP contribution in [0.2, 0.25) is 0 Å². The Morgan fingerprint density at radius 2 is 1.74 bits per heavy atom. The number of hydrazone groups is 1. The summed E-state index contributed by atoms with van der Waals surface area (Å²) in [7, 11) is 2.18. The molecular formula is C28H34N6O6PS+. The van der Waals surface area contributed by atoms with Crippen LogP contribution in [0.1, 0.15) is 36.1 Å². The van der Waals surface area contributed by atoms with E-state index in [1.165, 1.54) is 17.2 Å². The van der Waals surface area contributed by atoms with Crippen LogP contribution in [-0.2, 0) is 45.3 Å². The molecule has 3 rings (SSSR count). The maximum atomic E-state index is 12.2. The van der Waals surface area contributed by atoms with E-state index in [1.807, 2.05) is 48.5 Å². The molecule has 0 spiro atoms. The molecule has 3 aromatic rings. The van der Waals surface area contributed by atoms with Crippen LogP contribution in [0.25, 0.3) is 0 Å². The topological polar surface area (TPSA) is 140 Å². The van der Waals surface area contributed by atoms with Crippen LogP contribution in [0.4, 0.5) is 0 Å². The molecule has 42 heavy (non-hydrogen) atoms. The van der Waals surface area contributed by atoms with E-state index in [-0.39, 0.29) is 18.9 Å². The number of hydrogen-bond donors (Lipinski definition) is 2. The highest BCUT2D eigenvalue weighted by Gasteiger charge is 2.14. The SMILES string of the molecule is CO[P+](=S)N(C)/N=C\c1ccc(OC=COc2ccc(CCNC(=O)Cn3cc(CCCCC(=O)O)nn3)cc2)cc1. The number of hydrogen-bond acceptors (Lipinski definition) is 9. The molecule has 0 bridgehead atoms. The molecule has 0 saturated heterocycles. The number of amides is 1. The zero-order valence-corrected chi connectivity index (χ0v) is 25.2. The van der Waals surface area contributed by atoms with Crippen molar-refractivity contribution in [3.05, 3.63) is 84.1 Å². The number of aryl methyl sites for hydroxylation is 1. The Bertz CT molecular complexity index is 1360. The molecule has 1 amide bonds. The summed E-state index contributed by atoms with van der Waals surface area (Å²) < 4.78 is 19.3. The third-order valence-electron chi connectivity index (χ3n) is 5.73. The molecule has 1 unspecified atom stereocenters. The van der Waals surface area contributed by atoms with Gasteiger partial charge in [0.1, 0.15) is 30.6 Å². The first kappa shape index (κ1) is 32.3. The zero-order chi connectivity index (χ0) is 30.2. The summed E-state index contributed by atoms with van der Waals surface area (Å²) in [5, 5.41) is 23.8. The van der Waals surface area contributed by atoms with Crippen molar-refractivity contribution < 1.29 is 28.7 Å². The Labute approximate surface area is 250 Å². The van der Waals surface area contributed by atoms with E-state index in [1.54, 1.807) is 31.3 Å². The summed E-state index contributed by atoms with van der Waals surface area (Å²) in [5.74, 6) is 0.337.